The second-order valence-electron chi connectivity index (χ2n) is 8.62. The van der Waals surface area contributed by atoms with Gasteiger partial charge in [-0.3, -0.25) is 4.90 Å². The Kier molecular flexibility index (Phi) is 6.06. The van der Waals surface area contributed by atoms with Gasteiger partial charge in [0.25, 0.3) is 6.29 Å². The van der Waals surface area contributed by atoms with Crippen molar-refractivity contribution in [3.8, 4) is 28.0 Å². The van der Waals surface area contributed by atoms with Gasteiger partial charge >= 0.3 is 6.09 Å². The monoisotopic (exact) mass is 551 g/mol. The number of halogens is 2. The van der Waals surface area contributed by atoms with E-state index in [1.807, 2.05) is 19.1 Å². The molecule has 13 heteroatoms. The fraction of sp³-hybridized carbons (Fsp3) is 0.192. The minimum atomic E-state index is -1.14. The molecule has 2 aromatic carbocycles. The molecule has 0 spiro atoms. The topological polar surface area (TPSA) is 109 Å². The molecule has 0 bridgehead atoms. The molecule has 0 radical (unpaired) electrons. The molecule has 0 saturated heterocycles. The van der Waals surface area contributed by atoms with Crippen LogP contribution in [0.2, 0.25) is 0 Å². The van der Waals surface area contributed by atoms with Crippen LogP contribution < -0.4 is 19.1 Å². The van der Waals surface area contributed by atoms with E-state index in [0.717, 1.165) is 22.6 Å². The lowest BCUT2D eigenvalue weighted by atomic mass is 10.1. The maximum Gasteiger partial charge on any atom is 0.417 e. The van der Waals surface area contributed by atoms with Crippen molar-refractivity contribution in [2.24, 2.45) is 0 Å². The van der Waals surface area contributed by atoms with Gasteiger partial charge in [-0.1, -0.05) is 0 Å². The average molecular weight is 552 g/mol. The number of aryl methyl sites for hydroxylation is 1. The number of fused-ring (bicyclic) bond motifs is 4. The molecule has 1 amide bonds. The number of nitrogens with zero attached hydrogens (tertiary/aromatic N) is 5. The number of anilines is 1. The Bertz CT molecular complexity index is 1750. The zero-order valence-electron chi connectivity index (χ0n) is 20.8. The predicted molar refractivity (Wildman–Crippen MR) is 138 cm³/mol. The molecule has 1 aliphatic heterocycles. The molecule has 0 N–H and O–H groups in total. The smallest absolute Gasteiger partial charge is 0.417 e. The van der Waals surface area contributed by atoms with Gasteiger partial charge in [0, 0.05) is 18.7 Å². The van der Waals surface area contributed by atoms with E-state index in [2.05, 4.69) is 19.9 Å². The number of ether oxygens (including phenoxy) is 4. The van der Waals surface area contributed by atoms with Crippen LogP contribution in [-0.4, -0.2) is 53.1 Å². The third-order valence-electron chi connectivity index (χ3n) is 5.98. The van der Waals surface area contributed by atoms with Crippen LogP contribution >= 0.6 is 11.3 Å². The van der Waals surface area contributed by atoms with Crippen LogP contribution in [0, 0.1) is 18.7 Å². The number of hydrogen-bond donors (Lipinski definition) is 0. The van der Waals surface area contributed by atoms with Crippen molar-refractivity contribution < 1.29 is 32.5 Å². The summed E-state index contributed by atoms with van der Waals surface area (Å²) in [4.78, 5) is 30.7. The van der Waals surface area contributed by atoms with E-state index in [0.29, 0.717) is 43.6 Å². The summed E-state index contributed by atoms with van der Waals surface area (Å²) in [6.45, 7) is 1.78. The highest BCUT2D eigenvalue weighted by Crippen LogP contribution is 2.45. The Balaban J connectivity index is 1.30. The predicted octanol–water partition coefficient (Wildman–Crippen LogP) is 5.27. The molecule has 198 valence electrons. The molecule has 5 aromatic rings. The lowest BCUT2D eigenvalue weighted by Crippen LogP contribution is -2.38. The molecule has 0 unspecified atom stereocenters. The van der Waals surface area contributed by atoms with E-state index in [-0.39, 0.29) is 17.9 Å². The van der Waals surface area contributed by atoms with Gasteiger partial charge in [-0.15, -0.1) is 11.3 Å². The van der Waals surface area contributed by atoms with Gasteiger partial charge in [0.15, 0.2) is 23.9 Å². The van der Waals surface area contributed by atoms with Crippen molar-refractivity contribution in [1.82, 2.24) is 19.9 Å². The summed E-state index contributed by atoms with van der Waals surface area (Å²) in [6, 6.07) is 7.44. The largest absolute Gasteiger partial charge is 0.480 e. The summed E-state index contributed by atoms with van der Waals surface area (Å²) in [7, 11) is 2.95. The van der Waals surface area contributed by atoms with E-state index in [9.17, 15) is 9.18 Å². The van der Waals surface area contributed by atoms with Crippen LogP contribution in [0.1, 0.15) is 5.56 Å². The van der Waals surface area contributed by atoms with E-state index in [1.54, 1.807) is 0 Å². The maximum absolute atomic E-state index is 15.2. The van der Waals surface area contributed by atoms with E-state index < -0.39 is 24.1 Å². The number of carbonyl (C=O) groups is 1. The number of amides is 1. The summed E-state index contributed by atoms with van der Waals surface area (Å²) in [5.41, 5.74) is 3.27. The molecule has 39 heavy (non-hydrogen) atoms. The first kappa shape index (κ1) is 24.7. The number of methoxy groups -OCH3 is 1. The van der Waals surface area contributed by atoms with Crippen molar-refractivity contribution in [3.63, 3.8) is 0 Å². The Labute approximate surface area is 223 Å². The quantitative estimate of drug-likeness (QED) is 0.276. The fourth-order valence-electron chi connectivity index (χ4n) is 4.09. The molecule has 1 aliphatic rings. The Morgan fingerprint density at radius 3 is 2.74 bits per heavy atom. The zero-order chi connectivity index (χ0) is 27.3. The van der Waals surface area contributed by atoms with Crippen LogP contribution in [0.25, 0.3) is 31.8 Å². The van der Waals surface area contributed by atoms with E-state index >= 15 is 4.39 Å². The summed E-state index contributed by atoms with van der Waals surface area (Å²) < 4.78 is 50.9. The molecule has 1 atom stereocenters. The molecule has 0 aliphatic carbocycles. The fourth-order valence-corrected chi connectivity index (χ4v) is 5.18. The van der Waals surface area contributed by atoms with Crippen LogP contribution in [0.3, 0.4) is 0 Å². The van der Waals surface area contributed by atoms with Gasteiger partial charge in [0.1, 0.15) is 15.2 Å². The van der Waals surface area contributed by atoms with Crippen LogP contribution in [0.5, 0.6) is 17.4 Å². The summed E-state index contributed by atoms with van der Waals surface area (Å²) >= 11 is 1.22. The SMILES string of the molecule is COc1cnc2c(-c3nc4c(F)cc5c(c4s3)OC[C@@H](OC(=O)N(C)c3ccc(F)nc3)O5)cc(C)cc2n1. The first-order valence-corrected chi connectivity index (χ1v) is 12.4. The highest BCUT2D eigenvalue weighted by atomic mass is 32.1. The van der Waals surface area contributed by atoms with Crippen molar-refractivity contribution in [2.45, 2.75) is 13.2 Å². The summed E-state index contributed by atoms with van der Waals surface area (Å²) in [5, 5.41) is 0.525. The van der Waals surface area contributed by atoms with E-state index in [1.165, 1.54) is 44.0 Å². The van der Waals surface area contributed by atoms with Crippen molar-refractivity contribution in [3.05, 3.63) is 60.1 Å². The number of hydrogen-bond acceptors (Lipinski definition) is 10. The van der Waals surface area contributed by atoms with Gasteiger partial charge in [-0.05, 0) is 36.8 Å². The minimum Gasteiger partial charge on any atom is -0.480 e. The molecule has 4 heterocycles. The third-order valence-corrected chi connectivity index (χ3v) is 7.06. The van der Waals surface area contributed by atoms with Crippen LogP contribution in [-0.2, 0) is 4.74 Å². The Morgan fingerprint density at radius 2 is 1.97 bits per heavy atom. The molecular weight excluding hydrogens is 532 g/mol. The number of benzene rings is 2. The van der Waals surface area contributed by atoms with Gasteiger partial charge in [0.05, 0.1) is 36.2 Å². The van der Waals surface area contributed by atoms with Gasteiger partial charge in [-0.2, -0.15) is 4.39 Å². The molecule has 10 nitrogen and oxygen atoms in total. The third kappa shape index (κ3) is 4.50. The lowest BCUT2D eigenvalue weighted by Gasteiger charge is -2.27. The number of pyridine rings is 1. The normalized spacial score (nSPS) is 14.4. The molecule has 3 aromatic heterocycles. The van der Waals surface area contributed by atoms with Crippen molar-refractivity contribution in [2.75, 3.05) is 25.7 Å². The molecule has 6 rings (SSSR count). The first-order valence-electron chi connectivity index (χ1n) is 11.6. The van der Waals surface area contributed by atoms with Gasteiger partial charge in [-0.25, -0.2) is 29.1 Å². The van der Waals surface area contributed by atoms with Crippen molar-refractivity contribution in [1.29, 1.82) is 0 Å². The maximum atomic E-state index is 15.2. The van der Waals surface area contributed by atoms with Gasteiger partial charge in [0.2, 0.25) is 11.8 Å². The zero-order valence-corrected chi connectivity index (χ0v) is 21.6. The minimum absolute atomic E-state index is 0.0731. The van der Waals surface area contributed by atoms with Crippen LogP contribution in [0.15, 0.2) is 42.7 Å². The highest BCUT2D eigenvalue weighted by Gasteiger charge is 2.30. The van der Waals surface area contributed by atoms with Crippen LogP contribution in [0.4, 0.5) is 19.3 Å². The highest BCUT2D eigenvalue weighted by molar-refractivity contribution is 7.22. The standard InChI is InChI=1S/C26H19F2N5O5S/c1-12-6-14(21-16(7-12)31-19(35-3)10-30-21)25-32-22-15(27)8-17-23(24(22)39-25)36-11-20(37-17)38-26(34)33(2)13-4-5-18(28)29-9-13/h4-10,20H,11H2,1-3H3/t20-/m1/s1. The number of rotatable bonds is 4. The number of thiazole rings is 1. The van der Waals surface area contributed by atoms with Crippen molar-refractivity contribution >= 4 is 44.4 Å². The number of carbonyl (C=O) groups excluding carboxylic acids is 1. The number of aromatic nitrogens is 4. The first-order chi connectivity index (χ1) is 18.8. The molecule has 0 saturated carbocycles. The Morgan fingerprint density at radius 1 is 1.13 bits per heavy atom. The second kappa shape index (κ2) is 9.58. The van der Waals surface area contributed by atoms with Gasteiger partial charge < -0.3 is 18.9 Å². The van der Waals surface area contributed by atoms with E-state index in [4.69, 9.17) is 18.9 Å². The second-order valence-corrected chi connectivity index (χ2v) is 9.61. The lowest BCUT2D eigenvalue weighted by molar-refractivity contribution is -0.0719. The molecular formula is C26H19F2N5O5S. The average Bonchev–Trinajstić information content (AvgIpc) is 3.38. The Hall–Kier alpha value is -4.65. The molecule has 0 fully saturated rings. The summed E-state index contributed by atoms with van der Waals surface area (Å²) in [5.74, 6) is -0.553. The summed E-state index contributed by atoms with van der Waals surface area (Å²) in [6.07, 6.45) is 0.776.